The van der Waals surface area contributed by atoms with Crippen LogP contribution in [0.15, 0.2) is 18.2 Å². The van der Waals surface area contributed by atoms with Gasteiger partial charge in [-0.25, -0.2) is 4.39 Å². The van der Waals surface area contributed by atoms with Crippen LogP contribution in [0.3, 0.4) is 0 Å². The fourth-order valence-electron chi connectivity index (χ4n) is 2.92. The highest BCUT2D eigenvalue weighted by atomic mass is 35.5. The van der Waals surface area contributed by atoms with Crippen LogP contribution in [-0.2, 0) is 0 Å². The lowest BCUT2D eigenvalue weighted by molar-refractivity contribution is 0.0700. The molecule has 5 heteroatoms. The second-order valence-electron chi connectivity index (χ2n) is 6.35. The topological polar surface area (TPSA) is 32.3 Å². The summed E-state index contributed by atoms with van der Waals surface area (Å²) in [6.07, 6.45) is 4.64. The molecule has 0 atom stereocenters. The Balaban J connectivity index is 0.00000176. The number of rotatable bonds is 4. The maximum Gasteiger partial charge on any atom is 0.256 e. The van der Waals surface area contributed by atoms with Gasteiger partial charge in [0, 0.05) is 19.1 Å². The molecule has 3 nitrogen and oxygen atoms in total. The third kappa shape index (κ3) is 3.99. The van der Waals surface area contributed by atoms with Crippen molar-refractivity contribution in [3.05, 3.63) is 35.1 Å². The van der Waals surface area contributed by atoms with Crippen molar-refractivity contribution >= 4 is 18.3 Å². The zero-order chi connectivity index (χ0) is 14.8. The zero-order valence-corrected chi connectivity index (χ0v) is 13.8. The van der Waals surface area contributed by atoms with Gasteiger partial charge >= 0.3 is 0 Å². The highest BCUT2D eigenvalue weighted by molar-refractivity contribution is 5.94. The molecular formula is C17H24ClFN2O. The first-order valence-corrected chi connectivity index (χ1v) is 7.93. The normalized spacial score (nSPS) is 18.9. The molecule has 0 bridgehead atoms. The van der Waals surface area contributed by atoms with Crippen LogP contribution in [0.4, 0.5) is 4.39 Å². The van der Waals surface area contributed by atoms with Gasteiger partial charge in [0.05, 0.1) is 5.56 Å². The zero-order valence-electron chi connectivity index (χ0n) is 13.0. The second-order valence-corrected chi connectivity index (χ2v) is 6.35. The standard InChI is InChI=1S/C17H23FN2O.ClH/c1-12-3-2-4-15(16(12)18)17(21)20-9-7-14(8-10-20)19-11-13-5-6-13;/h2-4,13-14,19H,5-11H2,1H3;1H. The summed E-state index contributed by atoms with van der Waals surface area (Å²) >= 11 is 0. The molecule has 1 heterocycles. The highest BCUT2D eigenvalue weighted by Crippen LogP contribution is 2.28. The first-order chi connectivity index (χ1) is 10.1. The molecule has 1 amide bonds. The number of carbonyl (C=O) groups is 1. The third-order valence-electron chi connectivity index (χ3n) is 4.60. The van der Waals surface area contributed by atoms with Crippen LogP contribution in [0.1, 0.15) is 41.6 Å². The molecule has 2 aliphatic rings. The van der Waals surface area contributed by atoms with E-state index in [1.807, 2.05) is 0 Å². The maximum absolute atomic E-state index is 14.0. The van der Waals surface area contributed by atoms with Crippen molar-refractivity contribution < 1.29 is 9.18 Å². The van der Waals surface area contributed by atoms with E-state index < -0.39 is 0 Å². The summed E-state index contributed by atoms with van der Waals surface area (Å²) in [5, 5.41) is 3.59. The molecule has 0 unspecified atom stereocenters. The average molecular weight is 327 g/mol. The van der Waals surface area contributed by atoms with Crippen molar-refractivity contribution in [1.82, 2.24) is 10.2 Å². The molecule has 1 aromatic carbocycles. The number of amides is 1. The van der Waals surface area contributed by atoms with E-state index in [0.717, 1.165) is 25.3 Å². The van der Waals surface area contributed by atoms with Crippen molar-refractivity contribution in [2.45, 2.75) is 38.6 Å². The van der Waals surface area contributed by atoms with Gasteiger partial charge in [0.25, 0.3) is 5.91 Å². The lowest BCUT2D eigenvalue weighted by atomic mass is 10.0. The number of benzene rings is 1. The van der Waals surface area contributed by atoms with Gasteiger partial charge in [0.15, 0.2) is 0 Å². The van der Waals surface area contributed by atoms with Gasteiger partial charge in [-0.05, 0) is 56.7 Å². The van der Waals surface area contributed by atoms with Gasteiger partial charge in [0.2, 0.25) is 0 Å². The van der Waals surface area contributed by atoms with Crippen molar-refractivity contribution in [3.8, 4) is 0 Å². The number of likely N-dealkylation sites (tertiary alicyclic amines) is 1. The van der Waals surface area contributed by atoms with E-state index in [1.165, 1.54) is 12.8 Å². The van der Waals surface area contributed by atoms with Crippen LogP contribution in [-0.4, -0.2) is 36.5 Å². The predicted octanol–water partition coefficient (Wildman–Crippen LogP) is 3.16. The number of nitrogens with one attached hydrogen (secondary N) is 1. The summed E-state index contributed by atoms with van der Waals surface area (Å²) in [4.78, 5) is 14.2. The van der Waals surface area contributed by atoms with Gasteiger partial charge in [-0.2, -0.15) is 0 Å². The minimum atomic E-state index is -0.378. The molecule has 22 heavy (non-hydrogen) atoms. The molecule has 1 aliphatic carbocycles. The number of carbonyl (C=O) groups excluding carboxylic acids is 1. The first kappa shape index (κ1) is 17.2. The molecule has 1 aliphatic heterocycles. The summed E-state index contributed by atoms with van der Waals surface area (Å²) in [6.45, 7) is 4.24. The lowest BCUT2D eigenvalue weighted by Crippen LogP contribution is -2.45. The maximum atomic E-state index is 14.0. The van der Waals surface area contributed by atoms with Crippen molar-refractivity contribution in [2.75, 3.05) is 19.6 Å². The van der Waals surface area contributed by atoms with E-state index in [9.17, 15) is 9.18 Å². The number of hydrogen-bond donors (Lipinski definition) is 1. The Bertz CT molecular complexity index is 525. The minimum Gasteiger partial charge on any atom is -0.338 e. The van der Waals surface area contributed by atoms with Crippen LogP contribution < -0.4 is 5.32 Å². The van der Waals surface area contributed by atoms with E-state index in [4.69, 9.17) is 0 Å². The molecule has 1 saturated heterocycles. The molecule has 2 fully saturated rings. The molecule has 0 radical (unpaired) electrons. The molecule has 1 aromatic rings. The number of aryl methyl sites for hydroxylation is 1. The molecule has 0 spiro atoms. The Morgan fingerprint density at radius 2 is 1.95 bits per heavy atom. The Hall–Kier alpha value is -1.13. The van der Waals surface area contributed by atoms with Crippen molar-refractivity contribution in [3.63, 3.8) is 0 Å². The van der Waals surface area contributed by atoms with Crippen molar-refractivity contribution in [2.24, 2.45) is 5.92 Å². The molecule has 3 rings (SSSR count). The summed E-state index contributed by atoms with van der Waals surface area (Å²) in [5.74, 6) is 0.333. The molecule has 1 N–H and O–H groups in total. The number of nitrogens with zero attached hydrogens (tertiary/aromatic N) is 1. The van der Waals surface area contributed by atoms with Gasteiger partial charge in [-0.15, -0.1) is 12.4 Å². The van der Waals surface area contributed by atoms with Crippen molar-refractivity contribution in [1.29, 1.82) is 0 Å². The fourth-order valence-corrected chi connectivity index (χ4v) is 2.92. The highest BCUT2D eigenvalue weighted by Gasteiger charge is 2.27. The summed E-state index contributed by atoms with van der Waals surface area (Å²) in [5.41, 5.74) is 0.737. The Morgan fingerprint density at radius 3 is 2.59 bits per heavy atom. The Labute approximate surface area is 137 Å². The third-order valence-corrected chi connectivity index (χ3v) is 4.60. The first-order valence-electron chi connectivity index (χ1n) is 7.93. The van der Waals surface area contributed by atoms with Crippen LogP contribution in [0.2, 0.25) is 0 Å². The van der Waals surface area contributed by atoms with E-state index in [-0.39, 0.29) is 29.7 Å². The van der Waals surface area contributed by atoms with Crippen LogP contribution >= 0.6 is 12.4 Å². The van der Waals surface area contributed by atoms with Crippen LogP contribution in [0.5, 0.6) is 0 Å². The summed E-state index contributed by atoms with van der Waals surface area (Å²) in [7, 11) is 0. The van der Waals surface area contributed by atoms with E-state index in [1.54, 1.807) is 30.0 Å². The van der Waals surface area contributed by atoms with Gasteiger partial charge in [-0.3, -0.25) is 4.79 Å². The summed E-state index contributed by atoms with van der Waals surface area (Å²) in [6, 6.07) is 5.54. The van der Waals surface area contributed by atoms with Gasteiger partial charge in [-0.1, -0.05) is 12.1 Å². The quantitative estimate of drug-likeness (QED) is 0.921. The van der Waals surface area contributed by atoms with E-state index in [2.05, 4.69) is 5.32 Å². The second kappa shape index (κ2) is 7.42. The minimum absolute atomic E-state index is 0. The van der Waals surface area contributed by atoms with Crippen LogP contribution in [0, 0.1) is 18.7 Å². The fraction of sp³-hybridized carbons (Fsp3) is 0.588. The Kier molecular flexibility index (Phi) is 5.81. The Morgan fingerprint density at radius 1 is 1.27 bits per heavy atom. The smallest absolute Gasteiger partial charge is 0.256 e. The molecule has 122 valence electrons. The van der Waals surface area contributed by atoms with Gasteiger partial charge in [0.1, 0.15) is 5.82 Å². The molecular weight excluding hydrogens is 303 g/mol. The average Bonchev–Trinajstić information content (AvgIpc) is 3.32. The van der Waals surface area contributed by atoms with E-state index >= 15 is 0 Å². The number of piperidine rings is 1. The lowest BCUT2D eigenvalue weighted by Gasteiger charge is -2.32. The van der Waals surface area contributed by atoms with Crippen LogP contribution in [0.25, 0.3) is 0 Å². The summed E-state index contributed by atoms with van der Waals surface area (Å²) < 4.78 is 14.0. The molecule has 0 aromatic heterocycles. The largest absolute Gasteiger partial charge is 0.338 e. The SMILES string of the molecule is Cc1cccc(C(=O)N2CCC(NCC3CC3)CC2)c1F.Cl. The number of hydrogen-bond acceptors (Lipinski definition) is 2. The molecule has 1 saturated carbocycles. The monoisotopic (exact) mass is 326 g/mol. The van der Waals surface area contributed by atoms with Gasteiger partial charge < -0.3 is 10.2 Å². The predicted molar refractivity (Wildman–Crippen MR) is 88.0 cm³/mol. The van der Waals surface area contributed by atoms with E-state index in [0.29, 0.717) is 24.7 Å². The number of halogens is 2.